The number of Topliss-reactive ketones (excluding diaryl/α,β-unsaturated/α-hetero) is 1. The minimum absolute atomic E-state index is 0.00884. The fourth-order valence-electron chi connectivity index (χ4n) is 1.69. The van der Waals surface area contributed by atoms with E-state index in [2.05, 4.69) is 15.9 Å². The van der Waals surface area contributed by atoms with Gasteiger partial charge in [-0.1, -0.05) is 15.9 Å². The van der Waals surface area contributed by atoms with Gasteiger partial charge in [0.05, 0.1) is 12.5 Å². The molecular formula is C12H16BrNO5. The van der Waals surface area contributed by atoms with Crippen LogP contribution in [0.15, 0.2) is 22.5 Å². The van der Waals surface area contributed by atoms with Gasteiger partial charge in [0.1, 0.15) is 12.0 Å². The summed E-state index contributed by atoms with van der Waals surface area (Å²) < 4.78 is 5.88. The Labute approximate surface area is 119 Å². The number of rotatable bonds is 6. The maximum absolute atomic E-state index is 11.7. The number of hydrogen-bond donors (Lipinski definition) is 2. The number of aliphatic hydroxyl groups excluding tert-OH is 1. The fourth-order valence-corrected chi connectivity index (χ4v) is 2.00. The van der Waals surface area contributed by atoms with E-state index in [1.165, 1.54) is 11.0 Å². The van der Waals surface area contributed by atoms with E-state index in [1.807, 2.05) is 0 Å². The minimum Gasteiger partial charge on any atom is -0.476 e. The van der Waals surface area contributed by atoms with Gasteiger partial charge >= 0.3 is 5.97 Å². The number of carbonyl (C=O) groups excluding carboxylic acids is 1. The first kappa shape index (κ1) is 15.7. The molecule has 0 saturated heterocycles. The first-order valence-corrected chi connectivity index (χ1v) is 6.46. The monoisotopic (exact) mass is 333 g/mol. The second-order valence-corrected chi connectivity index (χ2v) is 5.53. The third-order valence-electron chi connectivity index (χ3n) is 2.63. The maximum Gasteiger partial charge on any atom is 0.355 e. The molecule has 0 aromatic heterocycles. The summed E-state index contributed by atoms with van der Waals surface area (Å²) in [6, 6.07) is 0. The van der Waals surface area contributed by atoms with Crippen molar-refractivity contribution in [3.05, 3.63) is 22.5 Å². The van der Waals surface area contributed by atoms with Gasteiger partial charge in [-0.25, -0.2) is 4.79 Å². The van der Waals surface area contributed by atoms with Gasteiger partial charge in [0.2, 0.25) is 0 Å². The molecule has 0 spiro atoms. The molecule has 2 atom stereocenters. The van der Waals surface area contributed by atoms with E-state index in [0.717, 1.165) is 10.7 Å². The van der Waals surface area contributed by atoms with Crippen LogP contribution >= 0.6 is 15.9 Å². The third kappa shape index (κ3) is 4.68. The second-order valence-electron chi connectivity index (χ2n) is 4.28. The minimum atomic E-state index is -1.10. The van der Waals surface area contributed by atoms with E-state index in [4.69, 9.17) is 9.84 Å². The Morgan fingerprint density at radius 1 is 1.63 bits per heavy atom. The molecule has 1 heterocycles. The van der Waals surface area contributed by atoms with Gasteiger partial charge in [0.25, 0.3) is 0 Å². The molecule has 0 aromatic rings. The van der Waals surface area contributed by atoms with Crippen molar-refractivity contribution in [1.82, 2.24) is 4.90 Å². The largest absolute Gasteiger partial charge is 0.476 e. The van der Waals surface area contributed by atoms with Crippen molar-refractivity contribution >= 4 is 27.7 Å². The number of carboxylic acid groups (broad SMARTS) is 1. The summed E-state index contributed by atoms with van der Waals surface area (Å²) in [6.45, 7) is 1.75. The Morgan fingerprint density at radius 2 is 2.26 bits per heavy atom. The number of halogens is 1. The van der Waals surface area contributed by atoms with Crippen molar-refractivity contribution in [2.24, 2.45) is 0 Å². The number of ketones is 1. The van der Waals surface area contributed by atoms with Gasteiger partial charge in [0, 0.05) is 13.5 Å². The average Bonchev–Trinajstić information content (AvgIpc) is 2.58. The molecule has 106 valence electrons. The Morgan fingerprint density at radius 3 is 2.74 bits per heavy atom. The van der Waals surface area contributed by atoms with Crippen LogP contribution < -0.4 is 0 Å². The summed E-state index contributed by atoms with van der Waals surface area (Å²) in [6.07, 6.45) is 1.16. The van der Waals surface area contributed by atoms with E-state index in [1.54, 1.807) is 14.0 Å². The van der Waals surface area contributed by atoms with Crippen LogP contribution in [0.5, 0.6) is 0 Å². The molecular weight excluding hydrogens is 318 g/mol. The van der Waals surface area contributed by atoms with E-state index in [-0.39, 0.29) is 24.3 Å². The first-order chi connectivity index (χ1) is 8.81. The van der Waals surface area contributed by atoms with Crippen LogP contribution in [0.1, 0.15) is 19.8 Å². The molecule has 0 radical (unpaired) electrons. The van der Waals surface area contributed by atoms with Crippen molar-refractivity contribution in [2.75, 3.05) is 7.05 Å². The Balaban J connectivity index is 2.47. The lowest BCUT2D eigenvalue weighted by molar-refractivity contribution is -0.135. The average molecular weight is 334 g/mol. The van der Waals surface area contributed by atoms with Gasteiger partial charge in [-0.05, 0) is 17.5 Å². The summed E-state index contributed by atoms with van der Waals surface area (Å²) in [5.41, 5.74) is 0.00884. The maximum atomic E-state index is 11.7. The quantitative estimate of drug-likeness (QED) is 0.759. The number of nitrogens with zero attached hydrogens (tertiary/aromatic N) is 1. The number of carboxylic acids is 1. The number of likely N-dealkylation sites (N-methyl/N-ethyl adjacent to an activating group) is 1. The zero-order valence-corrected chi connectivity index (χ0v) is 12.3. The van der Waals surface area contributed by atoms with Gasteiger partial charge < -0.3 is 19.8 Å². The molecule has 1 rings (SSSR count). The topological polar surface area (TPSA) is 87.1 Å². The van der Waals surface area contributed by atoms with Crippen LogP contribution in [-0.2, 0) is 14.3 Å². The van der Waals surface area contributed by atoms with Crippen molar-refractivity contribution in [2.45, 2.75) is 32.1 Å². The normalized spacial score (nSPS) is 20.8. The zero-order chi connectivity index (χ0) is 14.6. The van der Waals surface area contributed by atoms with Crippen molar-refractivity contribution in [1.29, 1.82) is 0 Å². The van der Waals surface area contributed by atoms with Gasteiger partial charge in [-0.3, -0.25) is 4.79 Å². The van der Waals surface area contributed by atoms with Crippen molar-refractivity contribution in [3.8, 4) is 0 Å². The standard InChI is InChI=1S/C12H16BrNO5/c1-7(13)3-8(15)4-9(16)5-11-14(2)10(6-19-11)12(17)18/h3,6,8,11,15H,4-5H2,1-2H3,(H,17,18)/b7-3+. The van der Waals surface area contributed by atoms with E-state index < -0.39 is 18.3 Å². The highest BCUT2D eigenvalue weighted by atomic mass is 79.9. The number of ether oxygens (including phenoxy) is 1. The first-order valence-electron chi connectivity index (χ1n) is 5.66. The number of aliphatic carboxylic acids is 1. The van der Waals surface area contributed by atoms with Crippen molar-refractivity contribution in [3.63, 3.8) is 0 Å². The van der Waals surface area contributed by atoms with Crippen molar-refractivity contribution < 1.29 is 24.5 Å². The zero-order valence-electron chi connectivity index (χ0n) is 10.7. The molecule has 7 heteroatoms. The molecule has 0 amide bonds. The number of hydrogen-bond acceptors (Lipinski definition) is 5. The predicted octanol–water partition coefficient (Wildman–Crippen LogP) is 1.21. The molecule has 2 N–H and O–H groups in total. The lowest BCUT2D eigenvalue weighted by atomic mass is 10.1. The highest BCUT2D eigenvalue weighted by Gasteiger charge is 2.30. The van der Waals surface area contributed by atoms with E-state index in [0.29, 0.717) is 0 Å². The summed E-state index contributed by atoms with van der Waals surface area (Å²) in [5.74, 6) is -1.30. The van der Waals surface area contributed by atoms with E-state index in [9.17, 15) is 14.7 Å². The van der Waals surface area contributed by atoms with Crippen LogP contribution in [0, 0.1) is 0 Å². The third-order valence-corrected chi connectivity index (χ3v) is 2.89. The summed E-state index contributed by atoms with van der Waals surface area (Å²) in [5, 5.41) is 18.4. The molecule has 1 aliphatic rings. The Kier molecular flexibility index (Phi) is 5.56. The Bertz CT molecular complexity index is 428. The number of allylic oxidation sites excluding steroid dienone is 1. The second kappa shape index (κ2) is 6.72. The summed E-state index contributed by atoms with van der Waals surface area (Å²) in [4.78, 5) is 23.9. The molecule has 0 aromatic carbocycles. The van der Waals surface area contributed by atoms with Crippen LogP contribution in [0.2, 0.25) is 0 Å². The Hall–Kier alpha value is -1.34. The lowest BCUT2D eigenvalue weighted by Gasteiger charge is -2.21. The van der Waals surface area contributed by atoms with Crippen LogP contribution in [-0.4, -0.2) is 46.2 Å². The molecule has 2 unspecified atom stereocenters. The van der Waals surface area contributed by atoms with Gasteiger partial charge in [-0.15, -0.1) is 0 Å². The smallest absolute Gasteiger partial charge is 0.355 e. The van der Waals surface area contributed by atoms with Crippen LogP contribution in [0.25, 0.3) is 0 Å². The van der Waals surface area contributed by atoms with Crippen LogP contribution in [0.4, 0.5) is 0 Å². The van der Waals surface area contributed by atoms with Gasteiger partial charge in [0.15, 0.2) is 11.9 Å². The predicted molar refractivity (Wildman–Crippen MR) is 71.3 cm³/mol. The highest BCUT2D eigenvalue weighted by molar-refractivity contribution is 9.11. The molecule has 0 saturated carbocycles. The summed E-state index contributed by atoms with van der Waals surface area (Å²) >= 11 is 3.17. The molecule has 0 fully saturated rings. The fraction of sp³-hybridized carbons (Fsp3) is 0.500. The molecule has 19 heavy (non-hydrogen) atoms. The highest BCUT2D eigenvalue weighted by Crippen LogP contribution is 2.21. The lowest BCUT2D eigenvalue weighted by Crippen LogP contribution is -2.32. The number of aliphatic hydroxyl groups is 1. The van der Waals surface area contributed by atoms with Crippen LogP contribution in [0.3, 0.4) is 0 Å². The molecule has 1 aliphatic heterocycles. The molecule has 0 aliphatic carbocycles. The SMILES string of the molecule is C/C(Br)=C\C(O)CC(=O)CC1OC=C(C(=O)O)N1C. The number of carbonyl (C=O) groups is 2. The summed E-state index contributed by atoms with van der Waals surface area (Å²) in [7, 11) is 1.55. The van der Waals surface area contributed by atoms with Gasteiger partial charge in [-0.2, -0.15) is 0 Å². The van der Waals surface area contributed by atoms with E-state index >= 15 is 0 Å². The molecule has 0 bridgehead atoms. The molecule has 6 nitrogen and oxygen atoms in total.